The largest absolute Gasteiger partial charge is 0.494 e. The molecule has 0 spiro atoms. The lowest BCUT2D eigenvalue weighted by Gasteiger charge is -2.20. The van der Waals surface area contributed by atoms with E-state index in [0.29, 0.717) is 30.2 Å². The highest BCUT2D eigenvalue weighted by Crippen LogP contribution is 2.35. The highest BCUT2D eigenvalue weighted by Gasteiger charge is 2.20. The van der Waals surface area contributed by atoms with E-state index in [2.05, 4.69) is 11.9 Å². The number of fused-ring (bicyclic) bond motifs is 1. The van der Waals surface area contributed by atoms with Gasteiger partial charge in [-0.3, -0.25) is 4.79 Å². The maximum absolute atomic E-state index is 11.3. The number of hydrogen-bond donors (Lipinski definition) is 1. The number of carbonyl (C=O) groups excluding carboxylic acids is 1. The molecule has 1 aliphatic rings. The van der Waals surface area contributed by atoms with Gasteiger partial charge in [-0.25, -0.2) is 0 Å². The molecule has 1 aromatic carbocycles. The summed E-state index contributed by atoms with van der Waals surface area (Å²) < 4.78 is 5.35. The standard InChI is InChI=1S/C13H14ClNO2/c1-3-17-8(2)9-4-6-11-10(13(9)14)5-7-12(16)15-11/h4,6H,2-3,5,7H2,1H3,(H,15,16). The fraction of sp³-hybridized carbons (Fsp3) is 0.308. The third kappa shape index (κ3) is 2.29. The third-order valence-corrected chi connectivity index (χ3v) is 3.17. The number of nitrogens with one attached hydrogen (secondary N) is 1. The molecule has 0 saturated heterocycles. The van der Waals surface area contributed by atoms with Crippen molar-refractivity contribution in [2.45, 2.75) is 19.8 Å². The average molecular weight is 252 g/mol. The maximum Gasteiger partial charge on any atom is 0.224 e. The topological polar surface area (TPSA) is 38.3 Å². The minimum Gasteiger partial charge on any atom is -0.494 e. The Morgan fingerprint density at radius 1 is 1.53 bits per heavy atom. The van der Waals surface area contributed by atoms with Crippen molar-refractivity contribution in [1.82, 2.24) is 0 Å². The number of amides is 1. The summed E-state index contributed by atoms with van der Waals surface area (Å²) >= 11 is 6.31. The van der Waals surface area contributed by atoms with E-state index in [4.69, 9.17) is 16.3 Å². The number of anilines is 1. The molecule has 0 atom stereocenters. The van der Waals surface area contributed by atoms with E-state index < -0.39 is 0 Å². The molecule has 17 heavy (non-hydrogen) atoms. The van der Waals surface area contributed by atoms with Crippen LogP contribution in [0.15, 0.2) is 18.7 Å². The molecule has 1 N–H and O–H groups in total. The first-order chi connectivity index (χ1) is 8.13. The second-order valence-electron chi connectivity index (χ2n) is 3.86. The van der Waals surface area contributed by atoms with Crippen molar-refractivity contribution in [3.8, 4) is 0 Å². The van der Waals surface area contributed by atoms with Gasteiger partial charge in [0.15, 0.2) is 0 Å². The van der Waals surface area contributed by atoms with E-state index in [9.17, 15) is 4.79 Å². The van der Waals surface area contributed by atoms with Gasteiger partial charge in [0.1, 0.15) is 5.76 Å². The molecule has 1 aromatic rings. The number of rotatable bonds is 3. The zero-order valence-corrected chi connectivity index (χ0v) is 10.4. The average Bonchev–Trinajstić information content (AvgIpc) is 2.29. The summed E-state index contributed by atoms with van der Waals surface area (Å²) in [5.41, 5.74) is 2.55. The van der Waals surface area contributed by atoms with Gasteiger partial charge >= 0.3 is 0 Å². The van der Waals surface area contributed by atoms with Crippen LogP contribution in [-0.4, -0.2) is 12.5 Å². The van der Waals surface area contributed by atoms with E-state index in [-0.39, 0.29) is 5.91 Å². The molecule has 0 radical (unpaired) electrons. The Balaban J connectivity index is 2.39. The summed E-state index contributed by atoms with van der Waals surface area (Å²) in [7, 11) is 0. The normalized spacial score (nSPS) is 13.9. The first-order valence-corrected chi connectivity index (χ1v) is 5.94. The quantitative estimate of drug-likeness (QED) is 0.838. The van der Waals surface area contributed by atoms with Crippen LogP contribution in [-0.2, 0) is 16.0 Å². The van der Waals surface area contributed by atoms with Crippen LogP contribution in [0.3, 0.4) is 0 Å². The highest BCUT2D eigenvalue weighted by molar-refractivity contribution is 6.33. The summed E-state index contributed by atoms with van der Waals surface area (Å²) in [6, 6.07) is 3.67. The van der Waals surface area contributed by atoms with E-state index >= 15 is 0 Å². The molecule has 1 aliphatic heterocycles. The molecule has 0 bridgehead atoms. The van der Waals surface area contributed by atoms with Gasteiger partial charge in [0.05, 0.1) is 11.6 Å². The predicted octanol–water partition coefficient (Wildman–Crippen LogP) is 3.23. The molecular formula is C13H14ClNO2. The number of ether oxygens (including phenoxy) is 1. The molecule has 0 unspecified atom stereocenters. The lowest BCUT2D eigenvalue weighted by Crippen LogP contribution is -2.19. The molecule has 1 heterocycles. The predicted molar refractivity (Wildman–Crippen MR) is 69.1 cm³/mol. The molecule has 0 saturated carbocycles. The van der Waals surface area contributed by atoms with E-state index in [0.717, 1.165) is 16.8 Å². The van der Waals surface area contributed by atoms with Gasteiger partial charge in [-0.1, -0.05) is 18.2 Å². The highest BCUT2D eigenvalue weighted by atomic mass is 35.5. The van der Waals surface area contributed by atoms with Crippen LogP contribution in [0.5, 0.6) is 0 Å². The van der Waals surface area contributed by atoms with Crippen molar-refractivity contribution in [2.24, 2.45) is 0 Å². The third-order valence-electron chi connectivity index (χ3n) is 2.74. The summed E-state index contributed by atoms with van der Waals surface area (Å²) in [4.78, 5) is 11.3. The zero-order valence-electron chi connectivity index (χ0n) is 9.68. The number of halogens is 1. The summed E-state index contributed by atoms with van der Waals surface area (Å²) in [5.74, 6) is 0.599. The first kappa shape index (κ1) is 12.0. The van der Waals surface area contributed by atoms with Gasteiger partial charge in [0.2, 0.25) is 5.91 Å². The Labute approximate surface area is 105 Å². The summed E-state index contributed by atoms with van der Waals surface area (Å²) in [6.07, 6.45) is 1.13. The maximum atomic E-state index is 11.3. The monoisotopic (exact) mass is 251 g/mol. The molecular weight excluding hydrogens is 238 g/mol. The van der Waals surface area contributed by atoms with Crippen molar-refractivity contribution in [2.75, 3.05) is 11.9 Å². The van der Waals surface area contributed by atoms with Crippen LogP contribution in [0.25, 0.3) is 5.76 Å². The van der Waals surface area contributed by atoms with Crippen LogP contribution in [0, 0.1) is 0 Å². The molecule has 1 amide bonds. The smallest absolute Gasteiger partial charge is 0.224 e. The van der Waals surface area contributed by atoms with E-state index in [1.54, 1.807) is 0 Å². The fourth-order valence-corrected chi connectivity index (χ4v) is 2.27. The second kappa shape index (κ2) is 4.80. The van der Waals surface area contributed by atoms with Crippen molar-refractivity contribution in [3.05, 3.63) is 34.9 Å². The van der Waals surface area contributed by atoms with Gasteiger partial charge in [0, 0.05) is 17.7 Å². The second-order valence-corrected chi connectivity index (χ2v) is 4.24. The number of benzene rings is 1. The van der Waals surface area contributed by atoms with Gasteiger partial charge < -0.3 is 10.1 Å². The molecule has 0 aliphatic carbocycles. The molecule has 0 fully saturated rings. The molecule has 0 aromatic heterocycles. The van der Waals surface area contributed by atoms with Gasteiger partial charge in [-0.05, 0) is 31.0 Å². The SMILES string of the molecule is C=C(OCC)c1ccc2c(c1Cl)CCC(=O)N2. The van der Waals surface area contributed by atoms with Crippen molar-refractivity contribution < 1.29 is 9.53 Å². The Morgan fingerprint density at radius 2 is 2.29 bits per heavy atom. The Hall–Kier alpha value is -1.48. The summed E-state index contributed by atoms with van der Waals surface area (Å²) in [6.45, 7) is 6.30. The van der Waals surface area contributed by atoms with Gasteiger partial charge in [-0.2, -0.15) is 0 Å². The van der Waals surface area contributed by atoms with Gasteiger partial charge in [-0.15, -0.1) is 0 Å². The number of hydrogen-bond acceptors (Lipinski definition) is 2. The molecule has 4 heteroatoms. The van der Waals surface area contributed by atoms with Crippen molar-refractivity contribution in [3.63, 3.8) is 0 Å². The Morgan fingerprint density at radius 3 is 3.00 bits per heavy atom. The van der Waals surface area contributed by atoms with Crippen LogP contribution in [0.2, 0.25) is 5.02 Å². The Kier molecular flexibility index (Phi) is 3.38. The fourth-order valence-electron chi connectivity index (χ4n) is 1.90. The lowest BCUT2D eigenvalue weighted by atomic mass is 9.99. The molecule has 3 nitrogen and oxygen atoms in total. The van der Waals surface area contributed by atoms with Crippen LogP contribution >= 0.6 is 11.6 Å². The van der Waals surface area contributed by atoms with Crippen LogP contribution in [0.4, 0.5) is 5.69 Å². The molecule has 90 valence electrons. The molecule has 2 rings (SSSR count). The van der Waals surface area contributed by atoms with Crippen molar-refractivity contribution >= 4 is 29.0 Å². The van der Waals surface area contributed by atoms with Gasteiger partial charge in [0.25, 0.3) is 0 Å². The lowest BCUT2D eigenvalue weighted by molar-refractivity contribution is -0.116. The minimum absolute atomic E-state index is 0.0324. The van der Waals surface area contributed by atoms with Crippen molar-refractivity contribution in [1.29, 1.82) is 0 Å². The first-order valence-electron chi connectivity index (χ1n) is 5.56. The number of carbonyl (C=O) groups is 1. The van der Waals surface area contributed by atoms with Crippen LogP contribution in [0.1, 0.15) is 24.5 Å². The Bertz CT molecular complexity index is 483. The van der Waals surface area contributed by atoms with E-state index in [1.807, 2.05) is 19.1 Å². The van der Waals surface area contributed by atoms with E-state index in [1.165, 1.54) is 0 Å². The zero-order chi connectivity index (χ0) is 12.4. The minimum atomic E-state index is 0.0324. The van der Waals surface area contributed by atoms with Crippen LogP contribution < -0.4 is 5.32 Å². The summed E-state index contributed by atoms with van der Waals surface area (Å²) in [5, 5.41) is 3.43.